The van der Waals surface area contributed by atoms with Crippen molar-refractivity contribution in [3.05, 3.63) is 33.9 Å². The number of anilines is 1. The molecule has 0 bridgehead atoms. The predicted octanol–water partition coefficient (Wildman–Crippen LogP) is 0.178. The number of benzene rings is 1. The average molecular weight is 295 g/mol. The Bertz CT molecular complexity index is 559. The fourth-order valence-corrected chi connectivity index (χ4v) is 1.51. The predicted molar refractivity (Wildman–Crippen MR) is 76.9 cm³/mol. The van der Waals surface area contributed by atoms with Gasteiger partial charge in [-0.2, -0.15) is 0 Å². The number of amides is 3. The highest BCUT2D eigenvalue weighted by atomic mass is 16.6. The normalized spacial score (nSPS) is 9.81. The van der Waals surface area contributed by atoms with Gasteiger partial charge in [0.1, 0.15) is 5.69 Å². The summed E-state index contributed by atoms with van der Waals surface area (Å²) in [6, 6.07) is 3.73. The third-order valence-electron chi connectivity index (χ3n) is 2.62. The summed E-state index contributed by atoms with van der Waals surface area (Å²) in [5.41, 5.74) is 5.13. The summed E-state index contributed by atoms with van der Waals surface area (Å²) in [6.07, 6.45) is 0. The van der Waals surface area contributed by atoms with Gasteiger partial charge in [-0.3, -0.25) is 14.9 Å². The van der Waals surface area contributed by atoms with Crippen LogP contribution >= 0.6 is 0 Å². The van der Waals surface area contributed by atoms with Gasteiger partial charge in [-0.25, -0.2) is 4.79 Å². The van der Waals surface area contributed by atoms with Crippen molar-refractivity contribution >= 4 is 23.3 Å². The summed E-state index contributed by atoms with van der Waals surface area (Å²) in [6.45, 7) is 0.415. The number of nitro groups is 1. The molecule has 9 nitrogen and oxygen atoms in total. The van der Waals surface area contributed by atoms with Gasteiger partial charge >= 0.3 is 6.03 Å². The molecule has 0 aliphatic rings. The Morgan fingerprint density at radius 3 is 2.48 bits per heavy atom. The van der Waals surface area contributed by atoms with E-state index in [4.69, 9.17) is 5.73 Å². The van der Waals surface area contributed by atoms with Crippen LogP contribution in [-0.4, -0.2) is 48.9 Å². The van der Waals surface area contributed by atoms with Crippen LogP contribution in [0.15, 0.2) is 18.2 Å². The van der Waals surface area contributed by atoms with E-state index in [2.05, 4.69) is 10.6 Å². The number of nitro benzene ring substituents is 1. The maximum atomic E-state index is 11.9. The highest BCUT2D eigenvalue weighted by Gasteiger charge is 2.18. The van der Waals surface area contributed by atoms with Crippen molar-refractivity contribution in [2.75, 3.05) is 32.9 Å². The standard InChI is InChI=1S/C12H17N5O4/c1-16(2)12(19)15-7-6-14-11(18)8-4-3-5-9(10(8)13)17(20)21/h3-5H,6-7,13H2,1-2H3,(H,14,18)(H,15,19). The van der Waals surface area contributed by atoms with Gasteiger partial charge in [-0.05, 0) is 6.07 Å². The van der Waals surface area contributed by atoms with Gasteiger partial charge in [0.15, 0.2) is 0 Å². The Morgan fingerprint density at radius 1 is 1.29 bits per heavy atom. The molecule has 0 aliphatic heterocycles. The van der Waals surface area contributed by atoms with Crippen molar-refractivity contribution in [1.29, 1.82) is 0 Å². The highest BCUT2D eigenvalue weighted by molar-refractivity contribution is 6.00. The van der Waals surface area contributed by atoms with Crippen LogP contribution in [0.1, 0.15) is 10.4 Å². The summed E-state index contributed by atoms with van der Waals surface area (Å²) in [4.78, 5) is 34.6. The molecule has 1 rings (SSSR count). The van der Waals surface area contributed by atoms with Crippen LogP contribution < -0.4 is 16.4 Å². The first-order valence-corrected chi connectivity index (χ1v) is 6.10. The molecule has 0 atom stereocenters. The third kappa shape index (κ3) is 4.34. The number of hydrogen-bond donors (Lipinski definition) is 3. The minimum atomic E-state index is -0.649. The number of carbonyl (C=O) groups excluding carboxylic acids is 2. The molecule has 4 N–H and O–H groups in total. The number of nitrogens with two attached hydrogens (primary N) is 1. The summed E-state index contributed by atoms with van der Waals surface area (Å²) < 4.78 is 0. The van der Waals surface area contributed by atoms with E-state index in [-0.39, 0.29) is 36.1 Å². The van der Waals surface area contributed by atoms with E-state index in [1.165, 1.54) is 23.1 Å². The number of nitrogen functional groups attached to an aromatic ring is 1. The number of rotatable bonds is 5. The summed E-state index contributed by atoms with van der Waals surface area (Å²) in [7, 11) is 3.19. The summed E-state index contributed by atoms with van der Waals surface area (Å²) in [5.74, 6) is -0.532. The van der Waals surface area contributed by atoms with E-state index in [9.17, 15) is 19.7 Å². The lowest BCUT2D eigenvalue weighted by Gasteiger charge is -2.12. The lowest BCUT2D eigenvalue weighted by molar-refractivity contribution is -0.383. The second-order valence-electron chi connectivity index (χ2n) is 4.38. The zero-order chi connectivity index (χ0) is 16.0. The zero-order valence-corrected chi connectivity index (χ0v) is 11.8. The molecule has 9 heteroatoms. The number of urea groups is 1. The molecule has 0 saturated carbocycles. The molecule has 0 aromatic heterocycles. The molecule has 0 unspecified atom stereocenters. The molecule has 0 fully saturated rings. The molecular weight excluding hydrogens is 278 g/mol. The van der Waals surface area contributed by atoms with Gasteiger partial charge in [0.2, 0.25) is 0 Å². The Morgan fingerprint density at radius 2 is 1.90 bits per heavy atom. The minimum Gasteiger partial charge on any atom is -0.393 e. The molecule has 1 aromatic rings. The van der Waals surface area contributed by atoms with E-state index in [0.29, 0.717) is 0 Å². The molecule has 0 saturated heterocycles. The lowest BCUT2D eigenvalue weighted by Crippen LogP contribution is -2.39. The summed E-state index contributed by atoms with van der Waals surface area (Å²) in [5, 5.41) is 15.8. The number of hydrogen-bond acceptors (Lipinski definition) is 5. The maximum Gasteiger partial charge on any atom is 0.316 e. The molecule has 0 aliphatic carbocycles. The fraction of sp³-hybridized carbons (Fsp3) is 0.333. The third-order valence-corrected chi connectivity index (χ3v) is 2.62. The monoisotopic (exact) mass is 295 g/mol. The Balaban J connectivity index is 2.59. The topological polar surface area (TPSA) is 131 Å². The van der Waals surface area contributed by atoms with Crippen molar-refractivity contribution < 1.29 is 14.5 Å². The molecule has 0 radical (unpaired) electrons. The van der Waals surface area contributed by atoms with Crippen molar-refractivity contribution in [3.63, 3.8) is 0 Å². The minimum absolute atomic E-state index is 0.0307. The molecule has 1 aromatic carbocycles. The van der Waals surface area contributed by atoms with Crippen LogP contribution in [0, 0.1) is 10.1 Å². The van der Waals surface area contributed by atoms with Gasteiger partial charge in [-0.1, -0.05) is 6.07 Å². The van der Waals surface area contributed by atoms with Gasteiger partial charge < -0.3 is 21.3 Å². The van der Waals surface area contributed by atoms with Crippen molar-refractivity contribution in [2.24, 2.45) is 0 Å². The molecular formula is C12H17N5O4. The quantitative estimate of drug-likeness (QED) is 0.308. The van der Waals surface area contributed by atoms with Crippen LogP contribution in [0.4, 0.5) is 16.2 Å². The Labute approximate surface area is 121 Å². The first kappa shape index (κ1) is 16.2. The van der Waals surface area contributed by atoms with E-state index in [0.717, 1.165) is 0 Å². The van der Waals surface area contributed by atoms with Gasteiger partial charge in [0, 0.05) is 33.3 Å². The fourth-order valence-electron chi connectivity index (χ4n) is 1.51. The maximum absolute atomic E-state index is 11.9. The largest absolute Gasteiger partial charge is 0.393 e. The highest BCUT2D eigenvalue weighted by Crippen LogP contribution is 2.24. The Hall–Kier alpha value is -2.84. The lowest BCUT2D eigenvalue weighted by atomic mass is 10.1. The SMILES string of the molecule is CN(C)C(=O)NCCNC(=O)c1cccc([N+](=O)[O-])c1N. The second-order valence-corrected chi connectivity index (χ2v) is 4.38. The van der Waals surface area contributed by atoms with Crippen molar-refractivity contribution in [1.82, 2.24) is 15.5 Å². The molecule has 0 heterocycles. The van der Waals surface area contributed by atoms with Gasteiger partial charge in [0.25, 0.3) is 11.6 Å². The number of carbonyl (C=O) groups is 2. The smallest absolute Gasteiger partial charge is 0.316 e. The number of nitrogens with zero attached hydrogens (tertiary/aromatic N) is 2. The van der Waals surface area contributed by atoms with Crippen LogP contribution in [0.2, 0.25) is 0 Å². The average Bonchev–Trinajstić information content (AvgIpc) is 2.42. The molecule has 3 amide bonds. The van der Waals surface area contributed by atoms with E-state index >= 15 is 0 Å². The first-order chi connectivity index (χ1) is 9.84. The number of para-hydroxylation sites is 1. The van der Waals surface area contributed by atoms with E-state index in [1.54, 1.807) is 14.1 Å². The first-order valence-electron chi connectivity index (χ1n) is 6.10. The van der Waals surface area contributed by atoms with Crippen LogP contribution in [0.25, 0.3) is 0 Å². The molecule has 21 heavy (non-hydrogen) atoms. The Kier molecular flexibility index (Phi) is 5.47. The van der Waals surface area contributed by atoms with Crippen LogP contribution in [0.5, 0.6) is 0 Å². The zero-order valence-electron chi connectivity index (χ0n) is 11.8. The molecule has 114 valence electrons. The number of nitrogens with one attached hydrogen (secondary N) is 2. The van der Waals surface area contributed by atoms with Crippen molar-refractivity contribution in [2.45, 2.75) is 0 Å². The van der Waals surface area contributed by atoms with Crippen molar-refractivity contribution in [3.8, 4) is 0 Å². The summed E-state index contributed by atoms with van der Waals surface area (Å²) >= 11 is 0. The van der Waals surface area contributed by atoms with Gasteiger partial charge in [-0.15, -0.1) is 0 Å². The van der Waals surface area contributed by atoms with Crippen LogP contribution in [0.3, 0.4) is 0 Å². The second kappa shape index (κ2) is 7.08. The van der Waals surface area contributed by atoms with Gasteiger partial charge in [0.05, 0.1) is 10.5 Å². The molecule has 0 spiro atoms. The van der Waals surface area contributed by atoms with Crippen LogP contribution in [-0.2, 0) is 0 Å². The van der Waals surface area contributed by atoms with E-state index < -0.39 is 10.8 Å². The van der Waals surface area contributed by atoms with E-state index in [1.807, 2.05) is 0 Å².